The maximum Gasteiger partial charge on any atom is 0.437 e. The van der Waals surface area contributed by atoms with Crippen molar-refractivity contribution in [3.63, 3.8) is 0 Å². The van der Waals surface area contributed by atoms with Gasteiger partial charge in [0.25, 0.3) is 0 Å². The van der Waals surface area contributed by atoms with Crippen LogP contribution in [-0.2, 0) is 0 Å². The van der Waals surface area contributed by atoms with E-state index >= 15 is 0 Å². The Bertz CT molecular complexity index is 245. The van der Waals surface area contributed by atoms with Gasteiger partial charge in [0, 0.05) is 0 Å². The Morgan fingerprint density at radius 1 is 1.18 bits per heavy atom. The van der Waals surface area contributed by atoms with E-state index in [9.17, 15) is 4.79 Å². The third-order valence-corrected chi connectivity index (χ3v) is 1.26. The van der Waals surface area contributed by atoms with Gasteiger partial charge in [-0.1, -0.05) is 29.9 Å². The molecule has 0 heterocycles. The highest BCUT2D eigenvalue weighted by molar-refractivity contribution is 5.94. The number of nitrogens with two attached hydrogens (primary N) is 2. The fourth-order valence-corrected chi connectivity index (χ4v) is 0.730. The molecule has 1 aromatic rings. The monoisotopic (exact) mass is 151 g/mol. The molecule has 0 aliphatic carbocycles. The minimum absolute atomic E-state index is 0.398. The molecule has 0 spiro atoms. The first-order valence-electron chi connectivity index (χ1n) is 3.10. The molecule has 57 valence electrons. The van der Waals surface area contributed by atoms with Crippen molar-refractivity contribution in [1.82, 2.24) is 5.12 Å². The number of hydrogen-bond acceptors (Lipinski definition) is 3. The summed E-state index contributed by atoms with van der Waals surface area (Å²) in [7, 11) is 0. The molecular formula is C7H9N3O+. The molecule has 4 heteroatoms. The molecule has 0 aromatic heterocycles. The number of hydrazine groups is 2. The molecule has 11 heavy (non-hydrogen) atoms. The van der Waals surface area contributed by atoms with Gasteiger partial charge in [0.05, 0.1) is 10.7 Å². The highest BCUT2D eigenvalue weighted by Gasteiger charge is 2.19. The first-order chi connectivity index (χ1) is 5.22. The van der Waals surface area contributed by atoms with Gasteiger partial charge in [-0.3, -0.25) is 0 Å². The molecule has 1 amide bonds. The van der Waals surface area contributed by atoms with Gasteiger partial charge >= 0.3 is 5.91 Å². The lowest BCUT2D eigenvalue weighted by atomic mass is 10.2. The predicted octanol–water partition coefficient (Wildman–Crippen LogP) is -0.286. The molecule has 4 N–H and O–H groups in total. The second-order valence-corrected chi connectivity index (χ2v) is 2.08. The van der Waals surface area contributed by atoms with Crippen LogP contribution in [0.15, 0.2) is 30.3 Å². The van der Waals surface area contributed by atoms with Crippen molar-refractivity contribution in [2.24, 2.45) is 11.7 Å². The van der Waals surface area contributed by atoms with Gasteiger partial charge in [-0.15, -0.1) is 0 Å². The summed E-state index contributed by atoms with van der Waals surface area (Å²) in [6.45, 7) is 0. The van der Waals surface area contributed by atoms with E-state index in [1.165, 1.54) is 0 Å². The molecule has 0 fully saturated rings. The zero-order chi connectivity index (χ0) is 8.27. The van der Waals surface area contributed by atoms with Crippen LogP contribution in [0.3, 0.4) is 0 Å². The van der Waals surface area contributed by atoms with Gasteiger partial charge in [0.2, 0.25) is 0 Å². The number of carbonyl (C=O) groups excluding carboxylic acids is 1. The molecule has 0 aliphatic heterocycles. The lowest BCUT2D eigenvalue weighted by Crippen LogP contribution is -2.49. The third kappa shape index (κ3) is 1.84. The van der Waals surface area contributed by atoms with Crippen molar-refractivity contribution in [3.8, 4) is 0 Å². The van der Waals surface area contributed by atoms with Crippen molar-refractivity contribution in [3.05, 3.63) is 35.9 Å². The molecular weight excluding hydrogens is 142 g/mol. The maximum absolute atomic E-state index is 11.0. The van der Waals surface area contributed by atoms with Crippen LogP contribution in [-0.4, -0.2) is 5.91 Å². The normalized spacial score (nSPS) is 10.1. The topological polar surface area (TPSA) is 75.0 Å². The predicted molar refractivity (Wildman–Crippen MR) is 41.3 cm³/mol. The van der Waals surface area contributed by atoms with Crippen LogP contribution in [0, 0.1) is 0 Å². The lowest BCUT2D eigenvalue weighted by molar-refractivity contribution is 0.0865. The number of benzene rings is 1. The number of hydrogen-bond donors (Lipinski definition) is 2. The second kappa shape index (κ2) is 3.25. The molecule has 1 aromatic carbocycles. The summed E-state index contributed by atoms with van der Waals surface area (Å²) >= 11 is 0. The smallest absolute Gasteiger partial charge is 0.215 e. The van der Waals surface area contributed by atoms with Crippen LogP contribution in [0.1, 0.15) is 10.4 Å². The SMILES string of the molecule is N[N+](N)C(=O)c1ccccc1. The first-order valence-corrected chi connectivity index (χ1v) is 3.10. The molecule has 0 aliphatic rings. The van der Waals surface area contributed by atoms with Gasteiger partial charge in [-0.05, 0) is 12.1 Å². The first kappa shape index (κ1) is 7.87. The van der Waals surface area contributed by atoms with Gasteiger partial charge in [0.1, 0.15) is 0 Å². The van der Waals surface area contributed by atoms with Crippen molar-refractivity contribution < 1.29 is 4.79 Å². The van der Waals surface area contributed by atoms with E-state index < -0.39 is 5.91 Å². The zero-order valence-electron chi connectivity index (χ0n) is 5.90. The van der Waals surface area contributed by atoms with Gasteiger partial charge in [-0.25, -0.2) is 4.79 Å². The molecule has 0 saturated carbocycles. The summed E-state index contributed by atoms with van der Waals surface area (Å²) in [6, 6.07) is 8.60. The summed E-state index contributed by atoms with van der Waals surface area (Å²) in [6.07, 6.45) is 0. The minimum atomic E-state index is -0.398. The molecule has 0 atom stereocenters. The van der Waals surface area contributed by atoms with Gasteiger partial charge < -0.3 is 0 Å². The van der Waals surface area contributed by atoms with Crippen LogP contribution < -0.4 is 16.8 Å². The molecule has 4 nitrogen and oxygen atoms in total. The summed E-state index contributed by atoms with van der Waals surface area (Å²) in [5.74, 6) is 9.66. The summed E-state index contributed by atoms with van der Waals surface area (Å²) in [5.41, 5.74) is 0.484. The van der Waals surface area contributed by atoms with Crippen molar-refractivity contribution in [2.45, 2.75) is 0 Å². The van der Waals surface area contributed by atoms with Gasteiger partial charge in [0.15, 0.2) is 0 Å². The average molecular weight is 151 g/mol. The Hall–Kier alpha value is -1.23. The fraction of sp³-hybridized carbons (Fsp3) is 0. The van der Waals surface area contributed by atoms with Crippen LogP contribution in [0.5, 0.6) is 0 Å². The van der Waals surface area contributed by atoms with Gasteiger partial charge in [-0.2, -0.15) is 0 Å². The largest absolute Gasteiger partial charge is 0.437 e. The Kier molecular flexibility index (Phi) is 2.32. The Morgan fingerprint density at radius 2 is 1.73 bits per heavy atom. The van der Waals surface area contributed by atoms with E-state index in [4.69, 9.17) is 11.7 Å². The number of nitrogens with zero attached hydrogens (tertiary/aromatic N) is 1. The van der Waals surface area contributed by atoms with E-state index in [0.29, 0.717) is 10.7 Å². The Balaban J connectivity index is 2.86. The van der Waals surface area contributed by atoms with E-state index in [-0.39, 0.29) is 0 Å². The fourth-order valence-electron chi connectivity index (χ4n) is 0.730. The molecule has 1 rings (SSSR count). The number of rotatable bonds is 1. The highest BCUT2D eigenvalue weighted by Crippen LogP contribution is 1.97. The zero-order valence-corrected chi connectivity index (χ0v) is 5.90. The van der Waals surface area contributed by atoms with E-state index in [1.807, 2.05) is 6.07 Å². The highest BCUT2D eigenvalue weighted by atomic mass is 16.2. The molecule has 0 bridgehead atoms. The van der Waals surface area contributed by atoms with Crippen LogP contribution >= 0.6 is 0 Å². The van der Waals surface area contributed by atoms with Crippen molar-refractivity contribution >= 4 is 5.91 Å². The molecule has 0 unspecified atom stereocenters. The minimum Gasteiger partial charge on any atom is -0.215 e. The Morgan fingerprint density at radius 3 is 2.18 bits per heavy atom. The maximum atomic E-state index is 11.0. The quantitative estimate of drug-likeness (QED) is 0.251. The molecule has 0 saturated heterocycles. The number of carbonyl (C=O) groups is 1. The van der Waals surface area contributed by atoms with E-state index in [0.717, 1.165) is 0 Å². The third-order valence-electron chi connectivity index (χ3n) is 1.26. The van der Waals surface area contributed by atoms with Crippen LogP contribution in [0.25, 0.3) is 0 Å². The van der Waals surface area contributed by atoms with E-state index in [2.05, 4.69) is 0 Å². The summed E-state index contributed by atoms with van der Waals surface area (Å²) < 4.78 is 0. The lowest BCUT2D eigenvalue weighted by Gasteiger charge is -1.93. The van der Waals surface area contributed by atoms with Crippen molar-refractivity contribution in [1.29, 1.82) is 0 Å². The van der Waals surface area contributed by atoms with Crippen molar-refractivity contribution in [2.75, 3.05) is 0 Å². The summed E-state index contributed by atoms with van der Waals surface area (Å²) in [5, 5.41) is 0.565. The second-order valence-electron chi connectivity index (χ2n) is 2.08. The number of amides is 1. The summed E-state index contributed by atoms with van der Waals surface area (Å²) in [4.78, 5) is 11.0. The average Bonchev–Trinajstić information content (AvgIpc) is 2.05. The van der Waals surface area contributed by atoms with Crippen LogP contribution in [0.4, 0.5) is 0 Å². The molecule has 1 radical (unpaired) electrons. The standard InChI is InChI=1S/C7H9N3O/c8-10(9)7(11)6-4-2-1-3-5-6/h1-5H,8-9H2/q+1. The van der Waals surface area contributed by atoms with E-state index in [1.54, 1.807) is 24.3 Å². The van der Waals surface area contributed by atoms with Crippen LogP contribution in [0.2, 0.25) is 0 Å². The Labute approximate surface area is 64.3 Å².